The molecule has 0 unspecified atom stereocenters. The largest absolute Gasteiger partial charge is 0.495 e. The molecule has 2 rings (SSSR count). The summed E-state index contributed by atoms with van der Waals surface area (Å²) >= 11 is 0. The lowest BCUT2D eigenvalue weighted by Crippen LogP contribution is -2.17. The minimum atomic E-state index is -0.00397. The van der Waals surface area contributed by atoms with Crippen LogP contribution in [0.1, 0.15) is 51.2 Å². The first-order valence-corrected chi connectivity index (χ1v) is 8.34. The Bertz CT molecular complexity index is 687. The average Bonchev–Trinajstić information content (AvgIpc) is 2.54. The lowest BCUT2D eigenvalue weighted by atomic mass is 9.86. The van der Waals surface area contributed by atoms with E-state index in [0.29, 0.717) is 12.2 Å². The molecule has 0 spiro atoms. The highest BCUT2D eigenvalue weighted by Crippen LogP contribution is 2.32. The molecule has 0 radical (unpaired) electrons. The molecule has 2 aromatic rings. The summed E-state index contributed by atoms with van der Waals surface area (Å²) in [6.45, 7) is 8.52. The van der Waals surface area contributed by atoms with E-state index in [9.17, 15) is 4.79 Å². The summed E-state index contributed by atoms with van der Waals surface area (Å²) in [5.41, 5.74) is 3.08. The zero-order chi connectivity index (χ0) is 17.7. The van der Waals surface area contributed by atoms with Crippen LogP contribution in [0.2, 0.25) is 0 Å². The summed E-state index contributed by atoms with van der Waals surface area (Å²) in [5, 5.41) is 3.01. The van der Waals surface area contributed by atoms with Gasteiger partial charge in [-0.1, -0.05) is 64.1 Å². The standard InChI is InChI=1S/C21H27NO2/c1-15(16-9-7-6-8-10-16)13-20(23)22-18-14-17(21(2,3)4)11-12-19(18)24-5/h6-12,14-15H,13H2,1-5H3,(H,22,23)/t15-/m0/s1. The summed E-state index contributed by atoms with van der Waals surface area (Å²) in [6.07, 6.45) is 0.437. The number of methoxy groups -OCH3 is 1. The molecule has 1 atom stereocenters. The second-order valence-corrected chi connectivity index (χ2v) is 7.23. The molecule has 0 aliphatic rings. The molecule has 0 fully saturated rings. The molecule has 0 aliphatic heterocycles. The lowest BCUT2D eigenvalue weighted by molar-refractivity contribution is -0.116. The van der Waals surface area contributed by atoms with Crippen molar-refractivity contribution >= 4 is 11.6 Å². The van der Waals surface area contributed by atoms with E-state index in [2.05, 4.69) is 45.1 Å². The van der Waals surface area contributed by atoms with Gasteiger partial charge in [0.15, 0.2) is 0 Å². The molecule has 0 aliphatic carbocycles. The van der Waals surface area contributed by atoms with Gasteiger partial charge >= 0.3 is 0 Å². The van der Waals surface area contributed by atoms with Crippen molar-refractivity contribution in [2.45, 2.75) is 45.4 Å². The quantitative estimate of drug-likeness (QED) is 0.828. The number of ether oxygens (including phenoxy) is 1. The van der Waals surface area contributed by atoms with Crippen molar-refractivity contribution in [3.63, 3.8) is 0 Å². The van der Waals surface area contributed by atoms with Gasteiger partial charge in [0.05, 0.1) is 12.8 Å². The predicted molar refractivity (Wildman–Crippen MR) is 99.8 cm³/mol. The van der Waals surface area contributed by atoms with Gasteiger partial charge in [-0.15, -0.1) is 0 Å². The first-order chi connectivity index (χ1) is 11.3. The Hall–Kier alpha value is -2.29. The van der Waals surface area contributed by atoms with Crippen LogP contribution >= 0.6 is 0 Å². The topological polar surface area (TPSA) is 38.3 Å². The summed E-state index contributed by atoms with van der Waals surface area (Å²) in [5.74, 6) is 0.849. The van der Waals surface area contributed by atoms with Crippen LogP contribution in [0.5, 0.6) is 5.75 Å². The van der Waals surface area contributed by atoms with Crippen molar-refractivity contribution in [2.75, 3.05) is 12.4 Å². The third kappa shape index (κ3) is 4.60. The Morgan fingerprint density at radius 2 is 1.79 bits per heavy atom. The number of benzene rings is 2. The van der Waals surface area contributed by atoms with Crippen LogP contribution in [0, 0.1) is 0 Å². The summed E-state index contributed by atoms with van der Waals surface area (Å²) in [7, 11) is 1.62. The van der Waals surface area contributed by atoms with Gasteiger partial charge in [0.1, 0.15) is 5.75 Å². The minimum Gasteiger partial charge on any atom is -0.495 e. The lowest BCUT2D eigenvalue weighted by Gasteiger charge is -2.21. The highest BCUT2D eigenvalue weighted by molar-refractivity contribution is 5.92. The summed E-state index contributed by atoms with van der Waals surface area (Å²) in [4.78, 5) is 12.5. The third-order valence-corrected chi connectivity index (χ3v) is 4.20. The number of carbonyl (C=O) groups is 1. The molecule has 0 saturated carbocycles. The zero-order valence-electron chi connectivity index (χ0n) is 15.2. The van der Waals surface area contributed by atoms with Crippen LogP contribution in [0.3, 0.4) is 0 Å². The fourth-order valence-electron chi connectivity index (χ4n) is 2.65. The van der Waals surface area contributed by atoms with E-state index in [1.807, 2.05) is 36.4 Å². The monoisotopic (exact) mass is 325 g/mol. The van der Waals surface area contributed by atoms with Crippen molar-refractivity contribution in [3.8, 4) is 5.75 Å². The highest BCUT2D eigenvalue weighted by Gasteiger charge is 2.18. The Morgan fingerprint density at radius 1 is 1.12 bits per heavy atom. The maximum absolute atomic E-state index is 12.5. The van der Waals surface area contributed by atoms with E-state index >= 15 is 0 Å². The van der Waals surface area contributed by atoms with Crippen LogP contribution in [0.15, 0.2) is 48.5 Å². The van der Waals surface area contributed by atoms with Crippen LogP contribution in [0.25, 0.3) is 0 Å². The van der Waals surface area contributed by atoms with Crippen molar-refractivity contribution in [1.29, 1.82) is 0 Å². The molecule has 128 valence electrons. The summed E-state index contributed by atoms with van der Waals surface area (Å²) in [6, 6.07) is 16.1. The van der Waals surface area contributed by atoms with Gasteiger partial charge in [0.25, 0.3) is 0 Å². The van der Waals surface area contributed by atoms with E-state index in [0.717, 1.165) is 11.3 Å². The van der Waals surface area contributed by atoms with Crippen molar-refractivity contribution in [3.05, 3.63) is 59.7 Å². The van der Waals surface area contributed by atoms with Crippen molar-refractivity contribution in [2.24, 2.45) is 0 Å². The molecule has 3 nitrogen and oxygen atoms in total. The number of nitrogens with one attached hydrogen (secondary N) is 1. The van der Waals surface area contributed by atoms with E-state index in [1.165, 1.54) is 5.56 Å². The molecule has 0 aromatic heterocycles. The Morgan fingerprint density at radius 3 is 2.38 bits per heavy atom. The zero-order valence-corrected chi connectivity index (χ0v) is 15.2. The molecular formula is C21H27NO2. The van der Waals surface area contributed by atoms with Gasteiger partial charge < -0.3 is 10.1 Å². The minimum absolute atomic E-state index is 0.00397. The van der Waals surface area contributed by atoms with Gasteiger partial charge in [0, 0.05) is 6.42 Å². The van der Waals surface area contributed by atoms with Crippen LogP contribution in [0.4, 0.5) is 5.69 Å². The Kier molecular flexibility index (Phi) is 5.66. The molecule has 0 bridgehead atoms. The second kappa shape index (κ2) is 7.52. The van der Waals surface area contributed by atoms with E-state index in [-0.39, 0.29) is 17.2 Å². The number of hydrogen-bond acceptors (Lipinski definition) is 2. The molecule has 2 aromatic carbocycles. The van der Waals surface area contributed by atoms with E-state index in [1.54, 1.807) is 7.11 Å². The fraction of sp³-hybridized carbons (Fsp3) is 0.381. The number of rotatable bonds is 5. The van der Waals surface area contributed by atoms with Gasteiger partial charge in [0.2, 0.25) is 5.91 Å². The van der Waals surface area contributed by atoms with Gasteiger partial charge in [-0.25, -0.2) is 0 Å². The van der Waals surface area contributed by atoms with Crippen LogP contribution < -0.4 is 10.1 Å². The maximum atomic E-state index is 12.5. The normalized spacial score (nSPS) is 12.5. The first-order valence-electron chi connectivity index (χ1n) is 8.34. The SMILES string of the molecule is COc1ccc(C(C)(C)C)cc1NC(=O)C[C@H](C)c1ccccc1. The Labute approximate surface area is 145 Å². The number of amides is 1. The average molecular weight is 325 g/mol. The third-order valence-electron chi connectivity index (χ3n) is 4.20. The predicted octanol–water partition coefficient (Wildman–Crippen LogP) is 5.13. The molecule has 3 heteroatoms. The second-order valence-electron chi connectivity index (χ2n) is 7.23. The summed E-state index contributed by atoms with van der Waals surface area (Å²) < 4.78 is 5.39. The van der Waals surface area contributed by atoms with Crippen molar-refractivity contribution in [1.82, 2.24) is 0 Å². The van der Waals surface area contributed by atoms with Crippen molar-refractivity contribution < 1.29 is 9.53 Å². The number of carbonyl (C=O) groups excluding carboxylic acids is 1. The molecule has 1 amide bonds. The molecule has 0 heterocycles. The van der Waals surface area contributed by atoms with Gasteiger partial charge in [-0.05, 0) is 34.6 Å². The Balaban J connectivity index is 2.13. The highest BCUT2D eigenvalue weighted by atomic mass is 16.5. The molecule has 24 heavy (non-hydrogen) atoms. The van der Waals surface area contributed by atoms with Gasteiger partial charge in [-0.3, -0.25) is 4.79 Å². The van der Waals surface area contributed by atoms with E-state index in [4.69, 9.17) is 4.74 Å². The number of hydrogen-bond donors (Lipinski definition) is 1. The fourth-order valence-corrected chi connectivity index (χ4v) is 2.65. The maximum Gasteiger partial charge on any atom is 0.225 e. The number of anilines is 1. The first kappa shape index (κ1) is 18.1. The van der Waals surface area contributed by atoms with Gasteiger partial charge in [-0.2, -0.15) is 0 Å². The van der Waals surface area contributed by atoms with Crippen LogP contribution in [-0.4, -0.2) is 13.0 Å². The van der Waals surface area contributed by atoms with E-state index < -0.39 is 0 Å². The molecular weight excluding hydrogens is 298 g/mol. The van der Waals surface area contributed by atoms with Crippen LogP contribution in [-0.2, 0) is 10.2 Å². The smallest absolute Gasteiger partial charge is 0.225 e. The molecule has 1 N–H and O–H groups in total. The molecule has 0 saturated heterocycles.